The molecule has 0 aliphatic carbocycles. The number of rotatable bonds is 17. The minimum atomic E-state index is -2.59. The minimum Gasteiger partial charge on any atom is -0.299 e. The van der Waals surface area contributed by atoms with E-state index in [1.807, 2.05) is 6.92 Å². The first kappa shape index (κ1) is 31.7. The number of Topliss-reactive ketones (excluding diaryl/α,β-unsaturated/α-hetero) is 4. The first-order valence-electron chi connectivity index (χ1n) is 11.9. The topological polar surface area (TPSA) is 119 Å². The molecule has 2 atom stereocenters. The van der Waals surface area contributed by atoms with Crippen LogP contribution in [0, 0.1) is 11.3 Å². The van der Waals surface area contributed by atoms with Gasteiger partial charge in [0.1, 0.15) is 17.1 Å². The van der Waals surface area contributed by atoms with Gasteiger partial charge in [0.05, 0.1) is 11.5 Å². The summed E-state index contributed by atoms with van der Waals surface area (Å²) >= 11 is 0. The fourth-order valence-electron chi connectivity index (χ4n) is 4.29. The van der Waals surface area contributed by atoms with Crippen LogP contribution in [-0.4, -0.2) is 40.6 Å². The van der Waals surface area contributed by atoms with Crippen molar-refractivity contribution in [2.24, 2.45) is 11.3 Å². The molecule has 0 fully saturated rings. The van der Waals surface area contributed by atoms with Crippen molar-refractivity contribution in [1.29, 1.82) is 0 Å². The van der Waals surface area contributed by atoms with Gasteiger partial charge >= 0.3 is 0 Å². The van der Waals surface area contributed by atoms with Crippen molar-refractivity contribution in [3.8, 4) is 0 Å². The third kappa shape index (κ3) is 6.86. The molecule has 0 amide bonds. The number of hydrogen-bond acceptors (Lipinski definition) is 7. The number of carbonyl (C=O) groups excluding carboxylic acids is 7. The Morgan fingerprint density at radius 2 is 1.54 bits per heavy atom. The summed E-state index contributed by atoms with van der Waals surface area (Å²) in [5, 5.41) is 0. The second kappa shape index (κ2) is 14.8. The first-order chi connectivity index (χ1) is 16.5. The molecule has 190 valence electrons. The maximum Gasteiger partial charge on any atom is 0.189 e. The Hall–Kier alpha value is -3.31. The van der Waals surface area contributed by atoms with Crippen molar-refractivity contribution < 1.29 is 33.6 Å². The van der Waals surface area contributed by atoms with Gasteiger partial charge < -0.3 is 0 Å². The van der Waals surface area contributed by atoms with E-state index in [0.29, 0.717) is 12.8 Å². The maximum atomic E-state index is 13.7. The molecule has 0 saturated heterocycles. The predicted octanol–water partition coefficient (Wildman–Crippen LogP) is 4.26. The van der Waals surface area contributed by atoms with Crippen LogP contribution in [0.1, 0.15) is 80.1 Å². The van der Waals surface area contributed by atoms with E-state index in [0.717, 1.165) is 19.1 Å². The average Bonchev–Trinajstić information content (AvgIpc) is 2.82. The molecule has 0 bridgehead atoms. The quantitative estimate of drug-likeness (QED) is 0.131. The molecule has 0 saturated carbocycles. The molecular formula is C28H36O7. The van der Waals surface area contributed by atoms with Gasteiger partial charge in [0.2, 0.25) is 0 Å². The molecule has 35 heavy (non-hydrogen) atoms. The van der Waals surface area contributed by atoms with Crippen molar-refractivity contribution in [2.45, 2.75) is 80.1 Å². The summed E-state index contributed by atoms with van der Waals surface area (Å²) in [7, 11) is 0. The Morgan fingerprint density at radius 3 is 1.94 bits per heavy atom. The number of unbranched alkanes of at least 4 members (excludes halogenated alkanes) is 1. The van der Waals surface area contributed by atoms with E-state index in [1.54, 1.807) is 12.9 Å². The van der Waals surface area contributed by atoms with Gasteiger partial charge in [0, 0.05) is 30.4 Å². The summed E-state index contributed by atoms with van der Waals surface area (Å²) in [5.74, 6) is -5.17. The van der Waals surface area contributed by atoms with Crippen LogP contribution in [0.25, 0.3) is 0 Å². The van der Waals surface area contributed by atoms with Crippen LogP contribution in [0.3, 0.4) is 0 Å². The summed E-state index contributed by atoms with van der Waals surface area (Å²) in [6.07, 6.45) is 3.91. The van der Waals surface area contributed by atoms with Gasteiger partial charge in [0.15, 0.2) is 28.9 Å². The molecule has 7 heteroatoms. The molecule has 0 aromatic heterocycles. The van der Waals surface area contributed by atoms with E-state index in [2.05, 4.69) is 6.58 Å². The minimum absolute atomic E-state index is 0.107. The lowest BCUT2D eigenvalue weighted by Gasteiger charge is -2.38. The Balaban J connectivity index is 8.45. The highest BCUT2D eigenvalue weighted by Gasteiger charge is 2.58. The standard InChI is InChI=1S/C28H36O7/c1-8-13-16-21(32)25(20(31)14-9-2)27(22(33)15-10-3)28(23(34)11-4,24(35)12-5)26(19(7)30)18(6)17-29/h9,11,14,26H,4,8,10,12-13,15-16H2,1-3,5-7H3. The van der Waals surface area contributed by atoms with Gasteiger partial charge in [-0.3, -0.25) is 28.8 Å². The van der Waals surface area contributed by atoms with E-state index >= 15 is 0 Å². The van der Waals surface area contributed by atoms with Crippen LogP contribution in [0.2, 0.25) is 0 Å². The Morgan fingerprint density at radius 1 is 0.943 bits per heavy atom. The Labute approximate surface area is 207 Å². The van der Waals surface area contributed by atoms with Crippen LogP contribution in [0.4, 0.5) is 0 Å². The highest BCUT2D eigenvalue weighted by Crippen LogP contribution is 2.46. The number of allylic oxidation sites excluding steroid dienone is 6. The van der Waals surface area contributed by atoms with Crippen molar-refractivity contribution >= 4 is 40.6 Å². The highest BCUT2D eigenvalue weighted by atomic mass is 16.2. The lowest BCUT2D eigenvalue weighted by molar-refractivity contribution is -0.144. The predicted molar refractivity (Wildman–Crippen MR) is 133 cm³/mol. The average molecular weight is 485 g/mol. The third-order valence-electron chi connectivity index (χ3n) is 5.77. The third-order valence-corrected chi connectivity index (χ3v) is 5.77. The Kier molecular flexibility index (Phi) is 13.4. The van der Waals surface area contributed by atoms with Gasteiger partial charge in [-0.25, -0.2) is 4.79 Å². The SMILES string of the molecule is C=CC(=O)C(C(=O)CC)(C(C(=O)CCC)=C(C(=O)C=CC)C(=O)CCCC)C(C(C)=O)C(C)=C=O. The van der Waals surface area contributed by atoms with Gasteiger partial charge in [-0.1, -0.05) is 39.8 Å². The zero-order valence-electron chi connectivity index (χ0n) is 21.6. The molecule has 0 aliphatic heterocycles. The van der Waals surface area contributed by atoms with E-state index in [1.165, 1.54) is 26.8 Å². The first-order valence-corrected chi connectivity index (χ1v) is 11.9. The lowest BCUT2D eigenvalue weighted by Crippen LogP contribution is -2.52. The van der Waals surface area contributed by atoms with E-state index in [-0.39, 0.29) is 31.3 Å². The van der Waals surface area contributed by atoms with Crippen LogP contribution in [-0.2, 0) is 33.6 Å². The maximum absolute atomic E-state index is 13.7. The van der Waals surface area contributed by atoms with Gasteiger partial charge in [-0.2, -0.15) is 0 Å². The molecule has 0 aromatic rings. The fourth-order valence-corrected chi connectivity index (χ4v) is 4.29. The van der Waals surface area contributed by atoms with Crippen molar-refractivity contribution in [1.82, 2.24) is 0 Å². The highest BCUT2D eigenvalue weighted by molar-refractivity contribution is 6.32. The normalized spacial score (nSPS) is 14.2. The smallest absolute Gasteiger partial charge is 0.189 e. The van der Waals surface area contributed by atoms with Gasteiger partial charge in [0.25, 0.3) is 0 Å². The number of ketones is 6. The Bertz CT molecular complexity index is 1000. The zero-order chi connectivity index (χ0) is 27.3. The molecule has 0 aliphatic rings. The summed E-state index contributed by atoms with van der Waals surface area (Å²) in [6, 6.07) is 0. The molecule has 0 radical (unpaired) electrons. The summed E-state index contributed by atoms with van der Waals surface area (Å²) < 4.78 is 0. The molecular weight excluding hydrogens is 448 g/mol. The molecule has 7 nitrogen and oxygen atoms in total. The second-order valence-electron chi connectivity index (χ2n) is 8.30. The van der Waals surface area contributed by atoms with E-state index in [4.69, 9.17) is 0 Å². The zero-order valence-corrected chi connectivity index (χ0v) is 21.6. The lowest BCUT2D eigenvalue weighted by atomic mass is 9.57. The monoisotopic (exact) mass is 484 g/mol. The van der Waals surface area contributed by atoms with Crippen LogP contribution < -0.4 is 0 Å². The van der Waals surface area contributed by atoms with Gasteiger partial charge in [-0.05, 0) is 45.8 Å². The molecule has 0 N–H and O–H groups in total. The number of carbonyl (C=O) groups is 6. The molecule has 2 unspecified atom stereocenters. The summed E-state index contributed by atoms with van der Waals surface area (Å²) in [5.41, 5.74) is -4.12. The number of hydrogen-bond donors (Lipinski definition) is 0. The summed E-state index contributed by atoms with van der Waals surface area (Å²) in [6.45, 7) is 12.2. The molecule has 0 aromatic carbocycles. The van der Waals surface area contributed by atoms with Gasteiger partial charge in [-0.15, -0.1) is 0 Å². The van der Waals surface area contributed by atoms with E-state index < -0.39 is 57.2 Å². The molecule has 0 rings (SSSR count). The van der Waals surface area contributed by atoms with Crippen molar-refractivity contribution in [3.63, 3.8) is 0 Å². The second-order valence-corrected chi connectivity index (χ2v) is 8.30. The van der Waals surface area contributed by atoms with Crippen molar-refractivity contribution in [2.75, 3.05) is 0 Å². The molecule has 0 heterocycles. The largest absolute Gasteiger partial charge is 0.299 e. The van der Waals surface area contributed by atoms with Crippen LogP contribution >= 0.6 is 0 Å². The van der Waals surface area contributed by atoms with Crippen LogP contribution in [0.15, 0.2) is 41.5 Å². The van der Waals surface area contributed by atoms with Crippen LogP contribution in [0.5, 0.6) is 0 Å². The van der Waals surface area contributed by atoms with Crippen molar-refractivity contribution in [3.05, 3.63) is 41.5 Å². The molecule has 0 spiro atoms. The fraction of sp³-hybridized carbons (Fsp3) is 0.500. The summed E-state index contributed by atoms with van der Waals surface area (Å²) in [4.78, 5) is 92.2. The van der Waals surface area contributed by atoms with E-state index in [9.17, 15) is 33.6 Å².